The number of rotatable bonds is 8. The lowest BCUT2D eigenvalue weighted by molar-refractivity contribution is 0.244. The van der Waals surface area contributed by atoms with E-state index in [9.17, 15) is 0 Å². The Morgan fingerprint density at radius 2 is 2.06 bits per heavy atom. The van der Waals surface area contributed by atoms with Crippen molar-refractivity contribution in [2.24, 2.45) is 0 Å². The van der Waals surface area contributed by atoms with Gasteiger partial charge in [0.25, 0.3) is 0 Å². The first-order chi connectivity index (χ1) is 8.62. The number of benzene rings is 1. The molecule has 0 aliphatic rings. The minimum atomic E-state index is -0.180. The van der Waals surface area contributed by atoms with Crippen LogP contribution in [0.3, 0.4) is 0 Å². The molecule has 1 aromatic carbocycles. The van der Waals surface area contributed by atoms with Crippen molar-refractivity contribution in [3.63, 3.8) is 0 Å². The van der Waals surface area contributed by atoms with Gasteiger partial charge < -0.3 is 4.52 Å². The molecular formula is C14H22BrOP. The SMILES string of the molecule is [3H]POCC(C)(CCCCBr)c1ccc(C)cc1. The quantitative estimate of drug-likeness (QED) is 0.386. The molecule has 0 N–H and O–H groups in total. The molecule has 1 rings (SSSR count). The van der Waals surface area contributed by atoms with Crippen molar-refractivity contribution < 1.29 is 4.52 Å². The molecule has 17 heavy (non-hydrogen) atoms. The lowest BCUT2D eigenvalue weighted by Gasteiger charge is -2.29. The second-order valence-corrected chi connectivity index (χ2v) is 5.94. The number of unbranched alkanes of at least 4 members (excludes halogenated alkanes) is 1. The van der Waals surface area contributed by atoms with E-state index in [4.69, 9.17) is 5.80 Å². The van der Waals surface area contributed by atoms with Crippen LogP contribution >= 0.6 is 25.3 Å². The minimum Gasteiger partial charge on any atom is -0.365 e. The second-order valence-electron chi connectivity index (χ2n) is 4.86. The average Bonchev–Trinajstić information content (AvgIpc) is 2.37. The van der Waals surface area contributed by atoms with Gasteiger partial charge in [0.05, 0.1) is 7.89 Å². The number of alkyl halides is 1. The van der Waals surface area contributed by atoms with Gasteiger partial charge in [-0.25, -0.2) is 0 Å². The van der Waals surface area contributed by atoms with Gasteiger partial charge in [-0.3, -0.25) is 0 Å². The summed E-state index contributed by atoms with van der Waals surface area (Å²) in [6.45, 7) is 4.99. The molecule has 0 amide bonds. The minimum absolute atomic E-state index is 0.0317. The highest BCUT2D eigenvalue weighted by atomic mass is 79.9. The zero-order valence-corrected chi connectivity index (χ0v) is 13.2. The lowest BCUT2D eigenvalue weighted by Crippen LogP contribution is -2.27. The Morgan fingerprint density at radius 3 is 2.65 bits per heavy atom. The first-order valence-electron chi connectivity index (χ1n) is 6.54. The predicted molar refractivity (Wildman–Crippen MR) is 81.8 cm³/mol. The summed E-state index contributed by atoms with van der Waals surface area (Å²) < 4.78 is 12.6. The zero-order chi connectivity index (χ0) is 13.4. The summed E-state index contributed by atoms with van der Waals surface area (Å²) in [5.41, 5.74) is 2.63. The fraction of sp³-hybridized carbons (Fsp3) is 0.571. The van der Waals surface area contributed by atoms with E-state index in [1.165, 1.54) is 24.0 Å². The van der Waals surface area contributed by atoms with Gasteiger partial charge in [-0.15, -0.1) is 0 Å². The van der Waals surface area contributed by atoms with Crippen LogP contribution in [0.4, 0.5) is 0 Å². The Balaban J connectivity index is 2.77. The van der Waals surface area contributed by atoms with Crippen molar-refractivity contribution in [2.45, 2.75) is 38.5 Å². The van der Waals surface area contributed by atoms with Crippen LogP contribution in [0.5, 0.6) is 0 Å². The van der Waals surface area contributed by atoms with E-state index in [-0.39, 0.29) is 14.8 Å². The van der Waals surface area contributed by atoms with Crippen LogP contribution in [-0.4, -0.2) is 13.2 Å². The number of hydrogen-bond acceptors (Lipinski definition) is 1. The van der Waals surface area contributed by atoms with Gasteiger partial charge >= 0.3 is 0 Å². The zero-order valence-electron chi connectivity index (χ0n) is 11.6. The fourth-order valence-corrected chi connectivity index (χ4v) is 2.74. The van der Waals surface area contributed by atoms with Gasteiger partial charge in [0.15, 0.2) is 0 Å². The maximum absolute atomic E-state index is 7.19. The van der Waals surface area contributed by atoms with Crippen molar-refractivity contribution >= 4 is 25.3 Å². The standard InChI is InChI=1S/C14H22BrOP/c1-12-5-7-13(8-6-12)14(2,11-16-17)9-3-4-10-15/h5-8H,3-4,9-11,17H2,1-2H3/i17T. The molecule has 0 bridgehead atoms. The van der Waals surface area contributed by atoms with Crippen molar-refractivity contribution in [3.8, 4) is 0 Å². The molecule has 0 saturated heterocycles. The number of hydrogen-bond donors (Lipinski definition) is 0. The summed E-state index contributed by atoms with van der Waals surface area (Å²) in [4.78, 5) is 0. The molecule has 0 fully saturated rings. The maximum atomic E-state index is 7.19. The molecular weight excluding hydrogens is 295 g/mol. The van der Waals surface area contributed by atoms with Crippen LogP contribution in [0, 0.1) is 6.92 Å². The van der Waals surface area contributed by atoms with E-state index >= 15 is 0 Å². The average molecular weight is 319 g/mol. The van der Waals surface area contributed by atoms with Crippen LogP contribution in [0.15, 0.2) is 24.3 Å². The highest BCUT2D eigenvalue weighted by Crippen LogP contribution is 2.31. The van der Waals surface area contributed by atoms with Crippen LogP contribution in [0.25, 0.3) is 0 Å². The second kappa shape index (κ2) is 7.51. The topological polar surface area (TPSA) is 9.23 Å². The molecule has 1 aromatic rings. The maximum Gasteiger partial charge on any atom is 0.0851 e. The van der Waals surface area contributed by atoms with E-state index < -0.39 is 0 Å². The van der Waals surface area contributed by atoms with E-state index in [1.54, 1.807) is 0 Å². The molecule has 2 unspecified atom stereocenters. The van der Waals surface area contributed by atoms with E-state index in [0.717, 1.165) is 11.8 Å². The molecule has 0 heterocycles. The summed E-state index contributed by atoms with van der Waals surface area (Å²) in [7, 11) is -0.180. The molecule has 0 aromatic heterocycles. The van der Waals surface area contributed by atoms with Crippen LogP contribution < -0.4 is 0 Å². The fourth-order valence-electron chi connectivity index (χ4n) is 2.02. The van der Waals surface area contributed by atoms with E-state index in [0.29, 0.717) is 6.61 Å². The van der Waals surface area contributed by atoms with Crippen LogP contribution in [0.1, 0.15) is 37.3 Å². The molecule has 0 saturated carbocycles. The summed E-state index contributed by atoms with van der Waals surface area (Å²) >= 11 is 3.48. The van der Waals surface area contributed by atoms with Crippen molar-refractivity contribution in [1.29, 1.82) is 1.28 Å². The summed E-state index contributed by atoms with van der Waals surface area (Å²) in [6.07, 6.45) is 3.47. The molecule has 3 heteroatoms. The number of aryl methyl sites for hydroxylation is 1. The highest BCUT2D eigenvalue weighted by Gasteiger charge is 2.25. The monoisotopic (exact) mass is 318 g/mol. The van der Waals surface area contributed by atoms with Crippen molar-refractivity contribution in [1.82, 2.24) is 0 Å². The Hall–Kier alpha value is 0.0900. The van der Waals surface area contributed by atoms with Gasteiger partial charge in [-0.2, -0.15) is 0 Å². The van der Waals surface area contributed by atoms with Crippen LogP contribution in [-0.2, 0) is 9.94 Å². The number of halogens is 1. The predicted octanol–water partition coefficient (Wildman–Crippen LogP) is 4.62. The van der Waals surface area contributed by atoms with Crippen LogP contribution in [0.2, 0.25) is 0 Å². The van der Waals surface area contributed by atoms with Gasteiger partial charge in [0.2, 0.25) is 0 Å². The first-order valence-corrected chi connectivity index (χ1v) is 7.57. The molecule has 0 spiro atoms. The normalized spacial score (nSPS) is 16.1. The van der Waals surface area contributed by atoms with Gasteiger partial charge in [-0.1, -0.05) is 59.1 Å². The van der Waals surface area contributed by atoms with E-state index in [2.05, 4.69) is 54.0 Å². The Morgan fingerprint density at radius 1 is 1.35 bits per heavy atom. The molecule has 0 radical (unpaired) electrons. The summed E-state index contributed by atoms with van der Waals surface area (Å²) in [5.74, 6) is 0. The summed E-state index contributed by atoms with van der Waals surface area (Å²) in [6, 6.07) is 8.70. The van der Waals surface area contributed by atoms with Crippen molar-refractivity contribution in [3.05, 3.63) is 35.4 Å². The third-order valence-electron chi connectivity index (χ3n) is 3.25. The first kappa shape index (κ1) is 13.5. The highest BCUT2D eigenvalue weighted by molar-refractivity contribution is 9.09. The Labute approximate surface area is 117 Å². The van der Waals surface area contributed by atoms with Gasteiger partial charge in [-0.05, 0) is 25.3 Å². The smallest absolute Gasteiger partial charge is 0.0851 e. The van der Waals surface area contributed by atoms with Gasteiger partial charge in [0.1, 0.15) is 0 Å². The Kier molecular flexibility index (Phi) is 5.97. The largest absolute Gasteiger partial charge is 0.365 e. The summed E-state index contributed by atoms with van der Waals surface area (Å²) in [5, 5.41) is 1.05. The van der Waals surface area contributed by atoms with E-state index in [1.807, 2.05) is 0 Å². The van der Waals surface area contributed by atoms with Gasteiger partial charge in [0, 0.05) is 20.2 Å². The molecule has 96 valence electrons. The molecule has 0 aliphatic heterocycles. The molecule has 0 aliphatic carbocycles. The Bertz CT molecular complexity index is 344. The molecule has 1 nitrogen and oxygen atoms in total. The third kappa shape index (κ3) is 4.69. The van der Waals surface area contributed by atoms with Crippen molar-refractivity contribution in [2.75, 3.05) is 11.9 Å². The molecule has 2 atom stereocenters. The lowest BCUT2D eigenvalue weighted by atomic mass is 9.79. The third-order valence-corrected chi connectivity index (χ3v) is 3.96.